The quantitative estimate of drug-likeness (QED) is 0.872. The molecule has 104 valence electrons. The van der Waals surface area contributed by atoms with Crippen LogP contribution >= 0.6 is 23.4 Å². The van der Waals surface area contributed by atoms with E-state index < -0.39 is 0 Å². The van der Waals surface area contributed by atoms with E-state index in [1.165, 1.54) is 0 Å². The first-order valence-electron chi connectivity index (χ1n) is 6.15. The van der Waals surface area contributed by atoms with Crippen molar-refractivity contribution in [1.29, 1.82) is 0 Å². The molecule has 0 saturated carbocycles. The third-order valence-corrected chi connectivity index (χ3v) is 4.72. The molecule has 1 aromatic carbocycles. The molecule has 0 N–H and O–H groups in total. The van der Waals surface area contributed by atoms with Crippen LogP contribution in [0.1, 0.15) is 16.6 Å². The standard InChI is InChI=1S/C13H13ClN4OS/c1-17-12(19)8-20-13(17)11-7-18(16-15-11)6-9-2-4-10(14)5-3-9/h2-5,7,13H,6,8H2,1H3. The highest BCUT2D eigenvalue weighted by Crippen LogP contribution is 2.35. The maximum Gasteiger partial charge on any atom is 0.233 e. The van der Waals surface area contributed by atoms with E-state index in [4.69, 9.17) is 11.6 Å². The molecular weight excluding hydrogens is 296 g/mol. The number of thioether (sulfide) groups is 1. The van der Waals surface area contributed by atoms with E-state index >= 15 is 0 Å². The minimum absolute atomic E-state index is 0.0264. The van der Waals surface area contributed by atoms with E-state index in [9.17, 15) is 4.79 Å². The molecule has 0 spiro atoms. The van der Waals surface area contributed by atoms with E-state index in [1.54, 1.807) is 28.4 Å². The van der Waals surface area contributed by atoms with Gasteiger partial charge in [-0.2, -0.15) is 0 Å². The van der Waals surface area contributed by atoms with Gasteiger partial charge in [0.2, 0.25) is 5.91 Å². The van der Waals surface area contributed by atoms with Gasteiger partial charge < -0.3 is 4.90 Å². The van der Waals surface area contributed by atoms with Crippen LogP contribution in [-0.4, -0.2) is 38.6 Å². The molecule has 2 heterocycles. The van der Waals surface area contributed by atoms with Crippen LogP contribution in [0.3, 0.4) is 0 Å². The predicted octanol–water partition coefficient (Wildman–Crippen LogP) is 2.18. The van der Waals surface area contributed by atoms with Crippen LogP contribution in [-0.2, 0) is 11.3 Å². The van der Waals surface area contributed by atoms with Gasteiger partial charge in [0.1, 0.15) is 11.1 Å². The minimum atomic E-state index is -0.0264. The van der Waals surface area contributed by atoms with Crippen LogP contribution < -0.4 is 0 Å². The fourth-order valence-corrected chi connectivity index (χ4v) is 3.31. The van der Waals surface area contributed by atoms with E-state index in [0.717, 1.165) is 16.3 Å². The number of amides is 1. The summed E-state index contributed by atoms with van der Waals surface area (Å²) in [6, 6.07) is 7.63. The molecule has 3 rings (SSSR count). The van der Waals surface area contributed by atoms with Crippen molar-refractivity contribution in [3.63, 3.8) is 0 Å². The number of hydrogen-bond acceptors (Lipinski definition) is 4. The topological polar surface area (TPSA) is 51.0 Å². The number of aromatic nitrogens is 3. The molecule has 1 saturated heterocycles. The zero-order valence-corrected chi connectivity index (χ0v) is 12.4. The molecule has 2 aromatic rings. The van der Waals surface area contributed by atoms with Crippen molar-refractivity contribution in [2.45, 2.75) is 11.9 Å². The van der Waals surface area contributed by atoms with Crippen LogP contribution in [0.25, 0.3) is 0 Å². The largest absolute Gasteiger partial charge is 0.327 e. The van der Waals surface area contributed by atoms with Crippen molar-refractivity contribution >= 4 is 29.3 Å². The maximum absolute atomic E-state index is 11.5. The van der Waals surface area contributed by atoms with Crippen LogP contribution in [0.4, 0.5) is 0 Å². The maximum atomic E-state index is 11.5. The Labute approximate surface area is 125 Å². The van der Waals surface area contributed by atoms with Crippen molar-refractivity contribution in [2.24, 2.45) is 0 Å². The van der Waals surface area contributed by atoms with Crippen molar-refractivity contribution in [1.82, 2.24) is 19.9 Å². The van der Waals surface area contributed by atoms with Gasteiger partial charge in [0.25, 0.3) is 0 Å². The first-order chi connectivity index (χ1) is 9.63. The number of halogens is 1. The lowest BCUT2D eigenvalue weighted by Crippen LogP contribution is -2.23. The Kier molecular flexibility index (Phi) is 3.67. The van der Waals surface area contributed by atoms with Gasteiger partial charge in [-0.15, -0.1) is 16.9 Å². The lowest BCUT2D eigenvalue weighted by Gasteiger charge is -2.15. The molecule has 1 unspecified atom stereocenters. The van der Waals surface area contributed by atoms with Gasteiger partial charge in [-0.05, 0) is 17.7 Å². The SMILES string of the molecule is CN1C(=O)CSC1c1cn(Cc2ccc(Cl)cc2)nn1. The second-order valence-electron chi connectivity index (χ2n) is 4.64. The highest BCUT2D eigenvalue weighted by Gasteiger charge is 2.31. The Morgan fingerprint density at radius 3 is 2.80 bits per heavy atom. The Hall–Kier alpha value is -1.53. The van der Waals surface area contributed by atoms with Crippen LogP contribution in [0.15, 0.2) is 30.5 Å². The van der Waals surface area contributed by atoms with Crippen molar-refractivity contribution < 1.29 is 4.79 Å². The van der Waals surface area contributed by atoms with E-state index in [0.29, 0.717) is 12.3 Å². The summed E-state index contributed by atoms with van der Waals surface area (Å²) in [5, 5.41) is 8.98. The highest BCUT2D eigenvalue weighted by molar-refractivity contribution is 8.00. The van der Waals surface area contributed by atoms with Crippen LogP contribution in [0.2, 0.25) is 5.02 Å². The summed E-state index contributed by atoms with van der Waals surface area (Å²) in [4.78, 5) is 13.2. The molecule has 5 nitrogen and oxygen atoms in total. The molecule has 1 atom stereocenters. The fraction of sp³-hybridized carbons (Fsp3) is 0.308. The van der Waals surface area contributed by atoms with Gasteiger partial charge in [-0.1, -0.05) is 28.9 Å². The summed E-state index contributed by atoms with van der Waals surface area (Å²) in [6.07, 6.45) is 1.89. The number of carbonyl (C=O) groups excluding carboxylic acids is 1. The molecule has 1 aliphatic heterocycles. The number of rotatable bonds is 3. The molecule has 20 heavy (non-hydrogen) atoms. The molecule has 1 amide bonds. The Balaban J connectivity index is 1.74. The van der Waals surface area contributed by atoms with E-state index in [1.807, 2.05) is 30.5 Å². The van der Waals surface area contributed by atoms with Gasteiger partial charge in [0.15, 0.2) is 0 Å². The second kappa shape index (κ2) is 5.46. The lowest BCUT2D eigenvalue weighted by atomic mass is 10.2. The van der Waals surface area contributed by atoms with Gasteiger partial charge in [0.05, 0.1) is 18.5 Å². The predicted molar refractivity (Wildman–Crippen MR) is 78.5 cm³/mol. The Morgan fingerprint density at radius 2 is 2.15 bits per heavy atom. The summed E-state index contributed by atoms with van der Waals surface area (Å²) in [6.45, 7) is 0.638. The normalized spacial score (nSPS) is 18.8. The summed E-state index contributed by atoms with van der Waals surface area (Å²) in [7, 11) is 1.80. The first kappa shape index (κ1) is 13.5. The van der Waals surface area contributed by atoms with Gasteiger partial charge in [-0.25, -0.2) is 4.68 Å². The monoisotopic (exact) mass is 308 g/mol. The van der Waals surface area contributed by atoms with Crippen LogP contribution in [0.5, 0.6) is 0 Å². The summed E-state index contributed by atoms with van der Waals surface area (Å²) < 4.78 is 1.77. The highest BCUT2D eigenvalue weighted by atomic mass is 35.5. The zero-order valence-electron chi connectivity index (χ0n) is 10.9. The van der Waals surface area contributed by atoms with Crippen LogP contribution in [0, 0.1) is 0 Å². The number of carbonyl (C=O) groups is 1. The molecule has 0 bridgehead atoms. The van der Waals surface area contributed by atoms with Gasteiger partial charge in [-0.3, -0.25) is 4.79 Å². The van der Waals surface area contributed by atoms with Crippen molar-refractivity contribution in [3.8, 4) is 0 Å². The number of hydrogen-bond donors (Lipinski definition) is 0. The first-order valence-corrected chi connectivity index (χ1v) is 7.58. The fourth-order valence-electron chi connectivity index (χ4n) is 2.06. The lowest BCUT2D eigenvalue weighted by molar-refractivity contribution is -0.126. The van der Waals surface area contributed by atoms with Gasteiger partial charge >= 0.3 is 0 Å². The van der Waals surface area contributed by atoms with E-state index in [2.05, 4.69) is 10.3 Å². The van der Waals surface area contributed by atoms with E-state index in [-0.39, 0.29) is 11.3 Å². The third-order valence-electron chi connectivity index (χ3n) is 3.18. The molecule has 1 fully saturated rings. The summed E-state index contributed by atoms with van der Waals surface area (Å²) >= 11 is 7.44. The average molecular weight is 309 g/mol. The van der Waals surface area contributed by atoms with Crippen molar-refractivity contribution in [3.05, 3.63) is 46.7 Å². The molecule has 7 heteroatoms. The smallest absolute Gasteiger partial charge is 0.233 e. The van der Waals surface area contributed by atoms with Gasteiger partial charge in [0, 0.05) is 12.1 Å². The second-order valence-corrected chi connectivity index (χ2v) is 6.14. The molecular formula is C13H13ClN4OS. The molecule has 0 aliphatic carbocycles. The molecule has 1 aromatic heterocycles. The number of benzene rings is 1. The Bertz CT molecular complexity index is 628. The minimum Gasteiger partial charge on any atom is -0.327 e. The summed E-state index contributed by atoms with van der Waals surface area (Å²) in [5.41, 5.74) is 1.92. The Morgan fingerprint density at radius 1 is 1.40 bits per heavy atom. The molecule has 1 aliphatic rings. The van der Waals surface area contributed by atoms with Crippen molar-refractivity contribution in [2.75, 3.05) is 12.8 Å². The zero-order chi connectivity index (χ0) is 14.1. The average Bonchev–Trinajstić information content (AvgIpc) is 3.01. The molecule has 0 radical (unpaired) electrons. The summed E-state index contributed by atoms with van der Waals surface area (Å²) in [5.74, 6) is 0.637. The third kappa shape index (κ3) is 2.66. The number of nitrogens with zero attached hydrogens (tertiary/aromatic N) is 4.